The molecule has 1 rings (SSSR count). The van der Waals surface area contributed by atoms with Gasteiger partial charge in [0.25, 0.3) is 0 Å². The van der Waals surface area contributed by atoms with Crippen LogP contribution in [-0.4, -0.2) is 28.0 Å². The van der Waals surface area contributed by atoms with Crippen LogP contribution in [0.1, 0.15) is 32.6 Å². The Hall–Kier alpha value is -0.970. The molecule has 1 fully saturated rings. The molecule has 0 unspecified atom stereocenters. The quantitative estimate of drug-likeness (QED) is 0.526. The molecule has 0 heterocycles. The van der Waals surface area contributed by atoms with E-state index in [2.05, 4.69) is 0 Å². The molecule has 80 valence electrons. The summed E-state index contributed by atoms with van der Waals surface area (Å²) in [6.45, 7) is 1.18. The van der Waals surface area contributed by atoms with Gasteiger partial charge in [0.05, 0.1) is 0 Å². The van der Waals surface area contributed by atoms with Gasteiger partial charge in [0.1, 0.15) is 0 Å². The van der Waals surface area contributed by atoms with Crippen LogP contribution in [0.2, 0.25) is 0 Å². The summed E-state index contributed by atoms with van der Waals surface area (Å²) < 4.78 is 0. The van der Waals surface area contributed by atoms with Gasteiger partial charge < -0.3 is 5.11 Å². The Morgan fingerprint density at radius 1 is 1.64 bits per heavy atom. The van der Waals surface area contributed by atoms with Gasteiger partial charge in [0, 0.05) is 11.3 Å². The summed E-state index contributed by atoms with van der Waals surface area (Å²) in [5, 5.41) is 19.9. The second-order valence-corrected chi connectivity index (χ2v) is 3.94. The van der Waals surface area contributed by atoms with Crippen LogP contribution in [0.15, 0.2) is 0 Å². The minimum absolute atomic E-state index is 0.319. The molecular weight excluding hydrogens is 186 g/mol. The van der Waals surface area contributed by atoms with Crippen molar-refractivity contribution < 1.29 is 14.8 Å². The molecule has 0 aromatic rings. The fourth-order valence-corrected chi connectivity index (χ4v) is 1.67. The first-order valence-electron chi connectivity index (χ1n) is 4.84. The number of carbonyl (C=O) groups excluding carboxylic acids is 1. The number of aliphatic hydroxyl groups excluding tert-OH is 1. The van der Waals surface area contributed by atoms with Crippen LogP contribution in [0.3, 0.4) is 0 Å². The second kappa shape index (κ2) is 4.50. The first kappa shape index (κ1) is 11.1. The SMILES string of the molecule is CC(=O)[C@H](O)[C@@H](CC1CCC1)[N+](=O)[O-]. The molecule has 0 amide bonds. The lowest BCUT2D eigenvalue weighted by atomic mass is 9.80. The summed E-state index contributed by atoms with van der Waals surface area (Å²) in [4.78, 5) is 20.9. The van der Waals surface area contributed by atoms with E-state index in [0.717, 1.165) is 19.3 Å². The molecule has 0 aromatic carbocycles. The van der Waals surface area contributed by atoms with Gasteiger partial charge >= 0.3 is 0 Å². The Labute approximate surface area is 82.3 Å². The summed E-state index contributed by atoms with van der Waals surface area (Å²) in [6, 6.07) is -1.11. The van der Waals surface area contributed by atoms with Gasteiger partial charge in [-0.15, -0.1) is 0 Å². The van der Waals surface area contributed by atoms with Crippen molar-refractivity contribution in [3.8, 4) is 0 Å². The minimum Gasteiger partial charge on any atom is -0.379 e. The Kier molecular flexibility index (Phi) is 3.57. The van der Waals surface area contributed by atoms with Gasteiger partial charge in [-0.05, 0) is 12.8 Å². The monoisotopic (exact) mass is 201 g/mol. The normalized spacial score (nSPS) is 21.0. The third kappa shape index (κ3) is 2.51. The van der Waals surface area contributed by atoms with Crippen LogP contribution in [0.25, 0.3) is 0 Å². The molecule has 0 radical (unpaired) electrons. The number of carbonyl (C=O) groups is 1. The molecule has 0 bridgehead atoms. The van der Waals surface area contributed by atoms with E-state index in [1.807, 2.05) is 0 Å². The Morgan fingerprint density at radius 3 is 2.50 bits per heavy atom. The van der Waals surface area contributed by atoms with Crippen molar-refractivity contribution in [3.63, 3.8) is 0 Å². The van der Waals surface area contributed by atoms with Crippen molar-refractivity contribution in [1.29, 1.82) is 0 Å². The molecule has 14 heavy (non-hydrogen) atoms. The highest BCUT2D eigenvalue weighted by molar-refractivity contribution is 5.80. The number of hydrogen-bond acceptors (Lipinski definition) is 4. The second-order valence-electron chi connectivity index (χ2n) is 3.94. The standard InChI is InChI=1S/C9H15NO4/c1-6(11)9(12)8(10(13)14)5-7-3-2-4-7/h7-9,12H,2-5H2,1H3/t8-,9+/m1/s1. The average Bonchev–Trinajstić information content (AvgIpc) is 2.00. The Balaban J connectivity index is 2.53. The maximum absolute atomic E-state index is 10.8. The number of aliphatic hydroxyl groups is 1. The molecule has 0 saturated heterocycles. The Morgan fingerprint density at radius 2 is 2.21 bits per heavy atom. The van der Waals surface area contributed by atoms with Gasteiger partial charge in [-0.1, -0.05) is 19.3 Å². The lowest BCUT2D eigenvalue weighted by molar-refractivity contribution is -0.533. The summed E-state index contributed by atoms with van der Waals surface area (Å²) >= 11 is 0. The zero-order chi connectivity index (χ0) is 10.7. The number of nitrogens with zero attached hydrogens (tertiary/aromatic N) is 1. The molecule has 5 heteroatoms. The van der Waals surface area contributed by atoms with E-state index < -0.39 is 22.9 Å². The van der Waals surface area contributed by atoms with Crippen LogP contribution in [0.5, 0.6) is 0 Å². The van der Waals surface area contributed by atoms with E-state index >= 15 is 0 Å². The molecule has 1 N–H and O–H groups in total. The van der Waals surface area contributed by atoms with E-state index in [1.165, 1.54) is 6.92 Å². The topological polar surface area (TPSA) is 80.4 Å². The number of Topliss-reactive ketones (excluding diaryl/α,β-unsaturated/α-hetero) is 1. The maximum atomic E-state index is 10.8. The number of hydrogen-bond donors (Lipinski definition) is 1. The predicted octanol–water partition coefficient (Wildman–Crippen LogP) is 0.772. The van der Waals surface area contributed by atoms with Gasteiger partial charge in [-0.2, -0.15) is 0 Å². The van der Waals surface area contributed by atoms with Crippen molar-refractivity contribution >= 4 is 5.78 Å². The van der Waals surface area contributed by atoms with Crippen molar-refractivity contribution in [2.45, 2.75) is 44.8 Å². The van der Waals surface area contributed by atoms with E-state index in [4.69, 9.17) is 0 Å². The maximum Gasteiger partial charge on any atom is 0.245 e. The number of nitro groups is 1. The summed E-state index contributed by atoms with van der Waals surface area (Å²) in [5.74, 6) is -0.203. The molecule has 2 atom stereocenters. The first-order valence-corrected chi connectivity index (χ1v) is 4.84. The van der Waals surface area contributed by atoms with Crippen molar-refractivity contribution in [1.82, 2.24) is 0 Å². The van der Waals surface area contributed by atoms with Gasteiger partial charge in [-0.3, -0.25) is 14.9 Å². The van der Waals surface area contributed by atoms with Gasteiger partial charge in [-0.25, -0.2) is 0 Å². The molecule has 1 aliphatic rings. The first-order chi connectivity index (χ1) is 6.52. The van der Waals surface area contributed by atoms with Crippen LogP contribution < -0.4 is 0 Å². The van der Waals surface area contributed by atoms with Gasteiger partial charge in [0.15, 0.2) is 11.9 Å². The molecule has 0 spiro atoms. The smallest absolute Gasteiger partial charge is 0.245 e. The summed E-state index contributed by atoms with van der Waals surface area (Å²) in [6.07, 6.45) is 1.95. The van der Waals surface area contributed by atoms with E-state index in [0.29, 0.717) is 12.3 Å². The van der Waals surface area contributed by atoms with Gasteiger partial charge in [0.2, 0.25) is 6.04 Å². The minimum atomic E-state index is -1.44. The average molecular weight is 201 g/mol. The lowest BCUT2D eigenvalue weighted by Gasteiger charge is -2.27. The van der Waals surface area contributed by atoms with Crippen LogP contribution in [0.4, 0.5) is 0 Å². The largest absolute Gasteiger partial charge is 0.379 e. The van der Waals surface area contributed by atoms with E-state index in [9.17, 15) is 20.0 Å². The third-order valence-corrected chi connectivity index (χ3v) is 2.85. The van der Waals surface area contributed by atoms with Crippen molar-refractivity contribution in [2.75, 3.05) is 0 Å². The Bertz CT molecular complexity index is 237. The van der Waals surface area contributed by atoms with Crippen molar-refractivity contribution in [3.05, 3.63) is 10.1 Å². The highest BCUT2D eigenvalue weighted by atomic mass is 16.6. The zero-order valence-electron chi connectivity index (χ0n) is 8.18. The fourth-order valence-electron chi connectivity index (χ4n) is 1.67. The number of ketones is 1. The van der Waals surface area contributed by atoms with Crippen LogP contribution >= 0.6 is 0 Å². The summed E-state index contributed by atoms with van der Waals surface area (Å²) in [5.41, 5.74) is 0. The predicted molar refractivity (Wildman–Crippen MR) is 49.4 cm³/mol. The molecule has 0 aliphatic heterocycles. The molecular formula is C9H15NO4. The van der Waals surface area contributed by atoms with E-state index in [-0.39, 0.29) is 0 Å². The highest BCUT2D eigenvalue weighted by Crippen LogP contribution is 2.31. The zero-order valence-corrected chi connectivity index (χ0v) is 8.18. The number of rotatable bonds is 5. The fraction of sp³-hybridized carbons (Fsp3) is 0.889. The molecule has 0 aromatic heterocycles. The third-order valence-electron chi connectivity index (χ3n) is 2.85. The molecule has 1 saturated carbocycles. The highest BCUT2D eigenvalue weighted by Gasteiger charge is 2.36. The lowest BCUT2D eigenvalue weighted by Crippen LogP contribution is -2.40. The molecule has 1 aliphatic carbocycles. The van der Waals surface area contributed by atoms with E-state index in [1.54, 1.807) is 0 Å². The van der Waals surface area contributed by atoms with Crippen LogP contribution in [0, 0.1) is 16.0 Å². The van der Waals surface area contributed by atoms with Crippen molar-refractivity contribution in [2.24, 2.45) is 5.92 Å². The van der Waals surface area contributed by atoms with Crippen LogP contribution in [-0.2, 0) is 4.79 Å². The molecule has 5 nitrogen and oxygen atoms in total. The summed E-state index contributed by atoms with van der Waals surface area (Å²) in [7, 11) is 0.